The van der Waals surface area contributed by atoms with Gasteiger partial charge in [0.15, 0.2) is 0 Å². The third kappa shape index (κ3) is 3.69. The Hall–Kier alpha value is -1.36. The van der Waals surface area contributed by atoms with Gasteiger partial charge in [0, 0.05) is 36.7 Å². The zero-order valence-electron chi connectivity index (χ0n) is 13.4. The lowest BCUT2D eigenvalue weighted by Gasteiger charge is -2.22. The number of carbonyl (C=O) groups is 2. The van der Waals surface area contributed by atoms with E-state index in [1.807, 2.05) is 32.2 Å². The lowest BCUT2D eigenvalue weighted by atomic mass is 10.1. The van der Waals surface area contributed by atoms with Crippen molar-refractivity contribution in [1.82, 2.24) is 4.90 Å². The van der Waals surface area contributed by atoms with E-state index >= 15 is 0 Å². The molecule has 1 saturated heterocycles. The van der Waals surface area contributed by atoms with Crippen LogP contribution in [0.4, 0.5) is 5.69 Å². The second-order valence-electron chi connectivity index (χ2n) is 5.95. The molecule has 1 fully saturated rings. The number of anilines is 1. The molecule has 120 valence electrons. The monoisotopic (exact) mass is 366 g/mol. The van der Waals surface area contributed by atoms with Crippen molar-refractivity contribution >= 4 is 33.4 Å². The molecule has 2 rings (SSSR count). The molecular formula is C17H23BrN2O2. The number of amides is 2. The summed E-state index contributed by atoms with van der Waals surface area (Å²) in [6.07, 6.45) is 2.37. The lowest BCUT2D eigenvalue weighted by Crippen LogP contribution is -2.35. The number of aryl methyl sites for hydroxylation is 1. The summed E-state index contributed by atoms with van der Waals surface area (Å²) >= 11 is 3.43. The Balaban J connectivity index is 2.09. The van der Waals surface area contributed by atoms with E-state index in [4.69, 9.17) is 0 Å². The Labute approximate surface area is 140 Å². The fourth-order valence-corrected chi connectivity index (χ4v) is 3.32. The Morgan fingerprint density at radius 3 is 2.82 bits per heavy atom. The Morgan fingerprint density at radius 2 is 2.18 bits per heavy atom. The van der Waals surface area contributed by atoms with Crippen molar-refractivity contribution in [3.05, 3.63) is 28.2 Å². The highest BCUT2D eigenvalue weighted by Crippen LogP contribution is 2.30. The maximum Gasteiger partial charge on any atom is 0.227 e. The lowest BCUT2D eigenvalue weighted by molar-refractivity contribution is -0.134. The van der Waals surface area contributed by atoms with Gasteiger partial charge in [-0.25, -0.2) is 0 Å². The zero-order valence-corrected chi connectivity index (χ0v) is 15.0. The minimum atomic E-state index is -0.225. The largest absolute Gasteiger partial charge is 0.345 e. The topological polar surface area (TPSA) is 40.6 Å². The Kier molecular flexibility index (Phi) is 5.62. The molecule has 22 heavy (non-hydrogen) atoms. The second kappa shape index (κ2) is 7.27. The molecule has 1 aromatic rings. The van der Waals surface area contributed by atoms with E-state index in [2.05, 4.69) is 22.9 Å². The van der Waals surface area contributed by atoms with Crippen molar-refractivity contribution in [3.8, 4) is 0 Å². The maximum absolute atomic E-state index is 12.5. The highest BCUT2D eigenvalue weighted by Gasteiger charge is 2.36. The quantitative estimate of drug-likeness (QED) is 0.801. The van der Waals surface area contributed by atoms with Crippen LogP contribution in [0.5, 0.6) is 0 Å². The minimum absolute atomic E-state index is 0.0349. The van der Waals surface area contributed by atoms with Gasteiger partial charge < -0.3 is 9.80 Å². The summed E-state index contributed by atoms with van der Waals surface area (Å²) in [4.78, 5) is 28.3. The molecule has 2 amide bonds. The first-order chi connectivity index (χ1) is 10.4. The number of rotatable bonds is 5. The first-order valence-corrected chi connectivity index (χ1v) is 8.54. The van der Waals surface area contributed by atoms with Crippen LogP contribution < -0.4 is 4.90 Å². The van der Waals surface area contributed by atoms with E-state index in [0.717, 1.165) is 35.1 Å². The molecule has 5 heteroatoms. The molecule has 0 aromatic heterocycles. The van der Waals surface area contributed by atoms with Gasteiger partial charge in [-0.1, -0.05) is 29.3 Å². The zero-order chi connectivity index (χ0) is 16.3. The standard InChI is InChI=1S/C17H23BrN2O2/c1-4-5-8-19(3)17(22)13-10-16(21)20(11-13)15-7-6-14(18)9-12(15)2/h6-7,9,13H,4-5,8,10-11H2,1-3H3. The number of unbranched alkanes of at least 4 members (excludes halogenated alkanes) is 1. The van der Waals surface area contributed by atoms with Crippen LogP contribution in [0.15, 0.2) is 22.7 Å². The summed E-state index contributed by atoms with van der Waals surface area (Å²) in [5.41, 5.74) is 1.94. The molecule has 0 spiro atoms. The molecule has 1 unspecified atom stereocenters. The van der Waals surface area contributed by atoms with Crippen molar-refractivity contribution < 1.29 is 9.59 Å². The van der Waals surface area contributed by atoms with Crippen LogP contribution >= 0.6 is 15.9 Å². The van der Waals surface area contributed by atoms with Gasteiger partial charge in [0.2, 0.25) is 11.8 Å². The highest BCUT2D eigenvalue weighted by molar-refractivity contribution is 9.10. The molecule has 0 saturated carbocycles. The molecule has 1 heterocycles. The van der Waals surface area contributed by atoms with E-state index in [9.17, 15) is 9.59 Å². The highest BCUT2D eigenvalue weighted by atomic mass is 79.9. The van der Waals surface area contributed by atoms with Crippen LogP contribution in [-0.2, 0) is 9.59 Å². The normalized spacial score (nSPS) is 17.9. The first-order valence-electron chi connectivity index (χ1n) is 7.75. The molecular weight excluding hydrogens is 344 g/mol. The summed E-state index contributed by atoms with van der Waals surface area (Å²) in [6.45, 7) is 5.33. The van der Waals surface area contributed by atoms with Gasteiger partial charge in [-0.2, -0.15) is 0 Å². The van der Waals surface area contributed by atoms with Crippen molar-refractivity contribution in [2.45, 2.75) is 33.1 Å². The summed E-state index contributed by atoms with van der Waals surface area (Å²) in [5, 5.41) is 0. The Morgan fingerprint density at radius 1 is 1.45 bits per heavy atom. The van der Waals surface area contributed by atoms with Gasteiger partial charge in [0.25, 0.3) is 0 Å². The molecule has 1 aliphatic heterocycles. The van der Waals surface area contributed by atoms with Gasteiger partial charge in [-0.15, -0.1) is 0 Å². The average molecular weight is 367 g/mol. The molecule has 1 aromatic carbocycles. The SMILES string of the molecule is CCCCN(C)C(=O)C1CC(=O)N(c2ccc(Br)cc2C)C1. The average Bonchev–Trinajstić information content (AvgIpc) is 2.85. The van der Waals surface area contributed by atoms with Crippen molar-refractivity contribution in [2.24, 2.45) is 5.92 Å². The van der Waals surface area contributed by atoms with E-state index in [-0.39, 0.29) is 17.7 Å². The maximum atomic E-state index is 12.5. The summed E-state index contributed by atoms with van der Waals surface area (Å²) in [7, 11) is 1.83. The van der Waals surface area contributed by atoms with E-state index < -0.39 is 0 Å². The van der Waals surface area contributed by atoms with Crippen LogP contribution in [0.25, 0.3) is 0 Å². The van der Waals surface area contributed by atoms with Crippen LogP contribution in [-0.4, -0.2) is 36.9 Å². The van der Waals surface area contributed by atoms with Gasteiger partial charge in [-0.05, 0) is 37.1 Å². The van der Waals surface area contributed by atoms with E-state index in [1.54, 1.807) is 9.80 Å². The second-order valence-corrected chi connectivity index (χ2v) is 6.87. The summed E-state index contributed by atoms with van der Waals surface area (Å²) < 4.78 is 0.993. The van der Waals surface area contributed by atoms with Gasteiger partial charge >= 0.3 is 0 Å². The van der Waals surface area contributed by atoms with Gasteiger partial charge in [0.05, 0.1) is 5.92 Å². The molecule has 1 aliphatic rings. The third-order valence-corrected chi connectivity index (χ3v) is 4.64. The number of nitrogens with zero attached hydrogens (tertiary/aromatic N) is 2. The molecule has 4 nitrogen and oxygen atoms in total. The number of hydrogen-bond donors (Lipinski definition) is 0. The van der Waals surface area contributed by atoms with Crippen molar-refractivity contribution in [3.63, 3.8) is 0 Å². The van der Waals surface area contributed by atoms with Gasteiger partial charge in [0.1, 0.15) is 0 Å². The fraction of sp³-hybridized carbons (Fsp3) is 0.529. The molecule has 0 N–H and O–H groups in total. The molecule has 0 aliphatic carbocycles. The summed E-state index contributed by atoms with van der Waals surface area (Å²) in [6, 6.07) is 5.86. The van der Waals surface area contributed by atoms with Crippen LogP contribution in [0, 0.1) is 12.8 Å². The number of halogens is 1. The summed E-state index contributed by atoms with van der Waals surface area (Å²) in [5.74, 6) is -0.107. The minimum Gasteiger partial charge on any atom is -0.345 e. The van der Waals surface area contributed by atoms with Crippen molar-refractivity contribution in [2.75, 3.05) is 25.0 Å². The fourth-order valence-electron chi connectivity index (χ4n) is 2.84. The van der Waals surface area contributed by atoms with Crippen LogP contribution in [0.3, 0.4) is 0 Å². The van der Waals surface area contributed by atoms with Crippen LogP contribution in [0.2, 0.25) is 0 Å². The van der Waals surface area contributed by atoms with E-state index in [1.165, 1.54) is 0 Å². The number of hydrogen-bond acceptors (Lipinski definition) is 2. The predicted molar refractivity (Wildman–Crippen MR) is 91.9 cm³/mol. The van der Waals surface area contributed by atoms with E-state index in [0.29, 0.717) is 13.0 Å². The number of carbonyl (C=O) groups excluding carboxylic acids is 2. The molecule has 1 atom stereocenters. The smallest absolute Gasteiger partial charge is 0.227 e. The van der Waals surface area contributed by atoms with Gasteiger partial charge in [-0.3, -0.25) is 9.59 Å². The Bertz CT molecular complexity index is 574. The first kappa shape index (κ1) is 17.0. The molecule has 0 radical (unpaired) electrons. The third-order valence-electron chi connectivity index (χ3n) is 4.15. The van der Waals surface area contributed by atoms with Crippen LogP contribution in [0.1, 0.15) is 31.7 Å². The predicted octanol–water partition coefficient (Wildman–Crippen LogP) is 3.37. The van der Waals surface area contributed by atoms with Crippen molar-refractivity contribution in [1.29, 1.82) is 0 Å². The number of benzene rings is 1. The molecule has 0 bridgehead atoms.